The summed E-state index contributed by atoms with van der Waals surface area (Å²) in [5.41, 5.74) is 1.16. The molecule has 1 aromatic rings. The Kier molecular flexibility index (Phi) is 4.49. The van der Waals surface area contributed by atoms with Gasteiger partial charge in [-0.2, -0.15) is 5.10 Å². The van der Waals surface area contributed by atoms with Gasteiger partial charge in [0.1, 0.15) is 6.04 Å². The highest BCUT2D eigenvalue weighted by atomic mass is 16.5. The molecular formula is C11H19N3O2. The van der Waals surface area contributed by atoms with Crippen LogP contribution >= 0.6 is 0 Å². The van der Waals surface area contributed by atoms with Crippen LogP contribution in [0.4, 0.5) is 0 Å². The average Bonchev–Trinajstić information content (AvgIpc) is 2.78. The van der Waals surface area contributed by atoms with Gasteiger partial charge in [0.25, 0.3) is 0 Å². The number of nitrogens with one attached hydrogen (secondary N) is 1. The molecule has 90 valence electrons. The second-order valence-electron chi connectivity index (χ2n) is 3.71. The van der Waals surface area contributed by atoms with Gasteiger partial charge in [0, 0.05) is 6.20 Å². The summed E-state index contributed by atoms with van der Waals surface area (Å²) in [5.74, 6) is -0.274. The zero-order valence-electron chi connectivity index (χ0n) is 10.2. The smallest absolute Gasteiger partial charge is 0.325 e. The first-order valence-electron chi connectivity index (χ1n) is 5.42. The first-order chi connectivity index (χ1) is 7.63. The number of nitrogens with zero attached hydrogens (tertiary/aromatic N) is 2. The van der Waals surface area contributed by atoms with Crippen molar-refractivity contribution >= 4 is 5.97 Å². The Balaban J connectivity index is 2.81. The van der Waals surface area contributed by atoms with Crippen LogP contribution in [0.1, 0.15) is 25.5 Å². The molecule has 0 bridgehead atoms. The molecule has 0 aromatic carbocycles. The summed E-state index contributed by atoms with van der Waals surface area (Å²) in [5, 5.41) is 7.18. The van der Waals surface area contributed by atoms with Gasteiger partial charge in [-0.3, -0.25) is 9.48 Å². The van der Waals surface area contributed by atoms with Crippen molar-refractivity contribution in [3.05, 3.63) is 18.0 Å². The number of ether oxygens (including phenoxy) is 1. The molecule has 1 heterocycles. The van der Waals surface area contributed by atoms with Crippen molar-refractivity contribution < 1.29 is 9.53 Å². The Morgan fingerprint density at radius 2 is 2.38 bits per heavy atom. The second-order valence-corrected chi connectivity index (χ2v) is 3.71. The summed E-state index contributed by atoms with van der Waals surface area (Å²) in [6.07, 6.45) is 4.72. The molecule has 1 rings (SSSR count). The molecule has 2 unspecified atom stereocenters. The molecule has 0 saturated carbocycles. The van der Waals surface area contributed by atoms with Crippen molar-refractivity contribution in [2.75, 3.05) is 14.2 Å². The largest absolute Gasteiger partial charge is 0.468 e. The van der Waals surface area contributed by atoms with Gasteiger partial charge >= 0.3 is 5.97 Å². The zero-order valence-corrected chi connectivity index (χ0v) is 10.2. The Hall–Kier alpha value is -1.36. The second kappa shape index (κ2) is 5.65. The topological polar surface area (TPSA) is 56.2 Å². The SMILES string of the molecule is CCc1cnn(C(C)C(NC)C(=O)OC)c1. The molecule has 16 heavy (non-hydrogen) atoms. The van der Waals surface area contributed by atoms with Crippen molar-refractivity contribution in [2.24, 2.45) is 0 Å². The lowest BCUT2D eigenvalue weighted by Gasteiger charge is -2.21. The van der Waals surface area contributed by atoms with Crippen LogP contribution in [0.15, 0.2) is 12.4 Å². The molecule has 0 aliphatic rings. The fourth-order valence-corrected chi connectivity index (χ4v) is 1.62. The van der Waals surface area contributed by atoms with Crippen LogP contribution in [0.5, 0.6) is 0 Å². The number of carbonyl (C=O) groups is 1. The predicted molar refractivity (Wildman–Crippen MR) is 61.2 cm³/mol. The lowest BCUT2D eigenvalue weighted by atomic mass is 10.1. The lowest BCUT2D eigenvalue weighted by Crippen LogP contribution is -2.41. The van der Waals surface area contributed by atoms with Crippen LogP contribution in [0.25, 0.3) is 0 Å². The van der Waals surface area contributed by atoms with Gasteiger partial charge in [-0.05, 0) is 26.0 Å². The number of hydrogen-bond donors (Lipinski definition) is 1. The van der Waals surface area contributed by atoms with E-state index in [-0.39, 0.29) is 18.1 Å². The molecule has 5 nitrogen and oxygen atoms in total. The van der Waals surface area contributed by atoms with Crippen LogP contribution in [-0.4, -0.2) is 35.9 Å². The van der Waals surface area contributed by atoms with E-state index in [1.807, 2.05) is 19.3 Å². The molecule has 5 heteroatoms. The molecule has 0 fully saturated rings. The number of hydrogen-bond acceptors (Lipinski definition) is 4. The van der Waals surface area contributed by atoms with Crippen LogP contribution < -0.4 is 5.32 Å². The van der Waals surface area contributed by atoms with Gasteiger partial charge in [0.05, 0.1) is 19.3 Å². The summed E-state index contributed by atoms with van der Waals surface area (Å²) in [6.45, 7) is 4.01. The number of aromatic nitrogens is 2. The molecule has 0 aliphatic heterocycles. The van der Waals surface area contributed by atoms with E-state index in [0.717, 1.165) is 12.0 Å². The standard InChI is InChI=1S/C11H19N3O2/c1-5-9-6-13-14(7-9)8(2)10(12-3)11(15)16-4/h6-8,10,12H,5H2,1-4H3. The van der Waals surface area contributed by atoms with E-state index in [1.165, 1.54) is 7.11 Å². The quantitative estimate of drug-likeness (QED) is 0.752. The minimum Gasteiger partial charge on any atom is -0.468 e. The Labute approximate surface area is 95.8 Å². The number of likely N-dealkylation sites (N-methyl/N-ethyl adjacent to an activating group) is 1. The summed E-state index contributed by atoms with van der Waals surface area (Å²) < 4.78 is 6.53. The Morgan fingerprint density at radius 1 is 1.69 bits per heavy atom. The molecule has 0 aliphatic carbocycles. The number of carbonyl (C=O) groups excluding carboxylic acids is 1. The zero-order chi connectivity index (χ0) is 12.1. The monoisotopic (exact) mass is 225 g/mol. The van der Waals surface area contributed by atoms with Gasteiger partial charge < -0.3 is 10.1 Å². The molecule has 0 amide bonds. The molecule has 0 saturated heterocycles. The van der Waals surface area contributed by atoms with Crippen molar-refractivity contribution in [2.45, 2.75) is 32.4 Å². The first kappa shape index (κ1) is 12.7. The van der Waals surface area contributed by atoms with E-state index in [4.69, 9.17) is 4.74 Å². The summed E-state index contributed by atoms with van der Waals surface area (Å²) in [6, 6.07) is -0.452. The summed E-state index contributed by atoms with van der Waals surface area (Å²) in [4.78, 5) is 11.5. The maximum absolute atomic E-state index is 11.5. The fraction of sp³-hybridized carbons (Fsp3) is 0.636. The third-order valence-electron chi connectivity index (χ3n) is 2.73. The number of methoxy groups -OCH3 is 1. The lowest BCUT2D eigenvalue weighted by molar-refractivity contribution is -0.144. The highest BCUT2D eigenvalue weighted by molar-refractivity contribution is 5.76. The minimum atomic E-state index is -0.380. The van der Waals surface area contributed by atoms with Crippen molar-refractivity contribution in [1.29, 1.82) is 0 Å². The molecular weight excluding hydrogens is 206 g/mol. The van der Waals surface area contributed by atoms with Crippen molar-refractivity contribution in [1.82, 2.24) is 15.1 Å². The fourth-order valence-electron chi connectivity index (χ4n) is 1.62. The molecule has 1 N–H and O–H groups in total. The number of esters is 1. The van der Waals surface area contributed by atoms with Crippen molar-refractivity contribution in [3.8, 4) is 0 Å². The number of rotatable bonds is 5. The number of aryl methyl sites for hydroxylation is 1. The third-order valence-corrected chi connectivity index (χ3v) is 2.73. The van der Waals surface area contributed by atoms with Gasteiger partial charge in [-0.25, -0.2) is 0 Å². The van der Waals surface area contributed by atoms with Crippen LogP contribution in [0, 0.1) is 0 Å². The molecule has 0 radical (unpaired) electrons. The Morgan fingerprint density at radius 3 is 2.81 bits per heavy atom. The van der Waals surface area contributed by atoms with E-state index in [0.29, 0.717) is 0 Å². The molecule has 2 atom stereocenters. The third kappa shape index (κ3) is 2.61. The highest BCUT2D eigenvalue weighted by Crippen LogP contribution is 2.12. The van der Waals surface area contributed by atoms with Gasteiger partial charge in [0.2, 0.25) is 0 Å². The maximum atomic E-state index is 11.5. The van der Waals surface area contributed by atoms with E-state index < -0.39 is 0 Å². The minimum absolute atomic E-state index is 0.0715. The van der Waals surface area contributed by atoms with E-state index in [2.05, 4.69) is 17.3 Å². The predicted octanol–water partition coefficient (Wildman–Crippen LogP) is 0.767. The van der Waals surface area contributed by atoms with Gasteiger partial charge in [-0.1, -0.05) is 6.92 Å². The van der Waals surface area contributed by atoms with E-state index in [1.54, 1.807) is 11.7 Å². The van der Waals surface area contributed by atoms with Gasteiger partial charge in [-0.15, -0.1) is 0 Å². The molecule has 0 spiro atoms. The average molecular weight is 225 g/mol. The van der Waals surface area contributed by atoms with Crippen LogP contribution in [-0.2, 0) is 16.0 Å². The van der Waals surface area contributed by atoms with E-state index >= 15 is 0 Å². The summed E-state index contributed by atoms with van der Waals surface area (Å²) >= 11 is 0. The summed E-state index contributed by atoms with van der Waals surface area (Å²) in [7, 11) is 3.13. The highest BCUT2D eigenvalue weighted by Gasteiger charge is 2.25. The van der Waals surface area contributed by atoms with Gasteiger partial charge in [0.15, 0.2) is 0 Å². The normalized spacial score (nSPS) is 14.5. The Bertz CT molecular complexity index is 349. The van der Waals surface area contributed by atoms with Crippen LogP contribution in [0.3, 0.4) is 0 Å². The maximum Gasteiger partial charge on any atom is 0.325 e. The molecule has 1 aromatic heterocycles. The van der Waals surface area contributed by atoms with E-state index in [9.17, 15) is 4.79 Å². The van der Waals surface area contributed by atoms with Crippen LogP contribution in [0.2, 0.25) is 0 Å². The van der Waals surface area contributed by atoms with Crippen molar-refractivity contribution in [3.63, 3.8) is 0 Å². The first-order valence-corrected chi connectivity index (χ1v) is 5.42.